The Morgan fingerprint density at radius 1 is 1.39 bits per heavy atom. The molecule has 0 aliphatic heterocycles. The summed E-state index contributed by atoms with van der Waals surface area (Å²) in [5.41, 5.74) is -0.693. The molecular formula is C13H14F3NO. The molecule has 18 heavy (non-hydrogen) atoms. The van der Waals surface area contributed by atoms with E-state index in [2.05, 4.69) is 0 Å². The summed E-state index contributed by atoms with van der Waals surface area (Å²) in [4.78, 5) is 13.4. The molecular weight excluding hydrogens is 243 g/mol. The lowest BCUT2D eigenvalue weighted by Gasteiger charge is -2.17. The van der Waals surface area contributed by atoms with Gasteiger partial charge in [-0.3, -0.25) is 4.79 Å². The maximum atomic E-state index is 12.5. The number of amides is 1. The number of nitrogens with zero attached hydrogens (tertiary/aromatic N) is 1. The molecule has 2 rings (SSSR count). The van der Waals surface area contributed by atoms with Gasteiger partial charge in [0.15, 0.2) is 0 Å². The predicted molar refractivity (Wildman–Crippen MR) is 61.1 cm³/mol. The molecule has 1 saturated carbocycles. The topological polar surface area (TPSA) is 20.3 Å². The molecule has 0 unspecified atom stereocenters. The highest BCUT2D eigenvalue weighted by atomic mass is 19.4. The minimum absolute atomic E-state index is 0.0907. The largest absolute Gasteiger partial charge is 0.416 e. The molecule has 0 heterocycles. The fraction of sp³-hybridized carbons (Fsp3) is 0.462. The summed E-state index contributed by atoms with van der Waals surface area (Å²) in [6, 6.07) is 4.56. The van der Waals surface area contributed by atoms with Crippen LogP contribution in [0.1, 0.15) is 28.8 Å². The molecule has 1 fully saturated rings. The van der Waals surface area contributed by atoms with Crippen LogP contribution in [0.3, 0.4) is 0 Å². The van der Waals surface area contributed by atoms with Gasteiger partial charge < -0.3 is 4.90 Å². The molecule has 2 nitrogen and oxygen atoms in total. The molecule has 5 heteroatoms. The number of hydrogen-bond donors (Lipinski definition) is 0. The quantitative estimate of drug-likeness (QED) is 0.814. The van der Waals surface area contributed by atoms with Crippen molar-refractivity contribution in [1.82, 2.24) is 4.90 Å². The van der Waals surface area contributed by atoms with Crippen molar-refractivity contribution in [3.8, 4) is 0 Å². The lowest BCUT2D eigenvalue weighted by Crippen LogP contribution is -2.28. The highest BCUT2D eigenvalue weighted by Gasteiger charge is 2.31. The lowest BCUT2D eigenvalue weighted by atomic mass is 10.1. The zero-order valence-corrected chi connectivity index (χ0v) is 10.00. The van der Waals surface area contributed by atoms with E-state index in [-0.39, 0.29) is 11.5 Å². The molecule has 0 aromatic heterocycles. The molecule has 0 spiro atoms. The SMILES string of the molecule is CN(CC1CC1)C(=O)c1cccc(C(F)(F)F)c1. The molecule has 0 N–H and O–H groups in total. The van der Waals surface area contributed by atoms with E-state index in [0.717, 1.165) is 25.0 Å². The average Bonchev–Trinajstić information content (AvgIpc) is 3.11. The van der Waals surface area contributed by atoms with Crippen molar-refractivity contribution in [2.75, 3.05) is 13.6 Å². The normalized spacial score (nSPS) is 15.6. The second kappa shape index (κ2) is 4.63. The monoisotopic (exact) mass is 257 g/mol. The van der Waals surface area contributed by atoms with Crippen LogP contribution < -0.4 is 0 Å². The van der Waals surface area contributed by atoms with Crippen LogP contribution in [0.5, 0.6) is 0 Å². The number of carbonyl (C=O) groups excluding carboxylic acids is 1. The van der Waals surface area contributed by atoms with E-state index in [0.29, 0.717) is 12.5 Å². The number of rotatable bonds is 3. The fourth-order valence-corrected chi connectivity index (χ4v) is 1.82. The molecule has 1 aromatic carbocycles. The smallest absolute Gasteiger partial charge is 0.341 e. The van der Waals surface area contributed by atoms with Crippen LogP contribution in [0.15, 0.2) is 24.3 Å². The van der Waals surface area contributed by atoms with E-state index in [1.54, 1.807) is 7.05 Å². The molecule has 0 atom stereocenters. The van der Waals surface area contributed by atoms with Gasteiger partial charge >= 0.3 is 6.18 Å². The minimum Gasteiger partial charge on any atom is -0.341 e. The van der Waals surface area contributed by atoms with Gasteiger partial charge in [-0.25, -0.2) is 0 Å². The summed E-state index contributed by atoms with van der Waals surface area (Å²) in [5, 5.41) is 0. The Kier molecular flexibility index (Phi) is 3.32. The summed E-state index contributed by atoms with van der Waals surface area (Å²) in [6.45, 7) is 0.620. The molecule has 0 saturated heterocycles. The van der Waals surface area contributed by atoms with Crippen molar-refractivity contribution in [3.05, 3.63) is 35.4 Å². The molecule has 0 bridgehead atoms. The van der Waals surface area contributed by atoms with Crippen LogP contribution in [0, 0.1) is 5.92 Å². The van der Waals surface area contributed by atoms with Gasteiger partial charge in [-0.2, -0.15) is 13.2 Å². The van der Waals surface area contributed by atoms with E-state index in [4.69, 9.17) is 0 Å². The molecule has 1 aromatic rings. The van der Waals surface area contributed by atoms with Gasteiger partial charge in [0.05, 0.1) is 5.56 Å². The van der Waals surface area contributed by atoms with Crippen molar-refractivity contribution in [2.24, 2.45) is 5.92 Å². The predicted octanol–water partition coefficient (Wildman–Crippen LogP) is 3.19. The van der Waals surface area contributed by atoms with Gasteiger partial charge in [-0.05, 0) is 37.0 Å². The second-order valence-corrected chi connectivity index (χ2v) is 4.71. The van der Waals surface area contributed by atoms with Crippen molar-refractivity contribution in [3.63, 3.8) is 0 Å². The van der Waals surface area contributed by atoms with Crippen LogP contribution >= 0.6 is 0 Å². The van der Waals surface area contributed by atoms with E-state index in [9.17, 15) is 18.0 Å². The number of alkyl halides is 3. The Morgan fingerprint density at radius 3 is 2.61 bits per heavy atom. The number of carbonyl (C=O) groups is 1. The Balaban J connectivity index is 2.14. The van der Waals surface area contributed by atoms with Crippen LogP contribution in [0.2, 0.25) is 0 Å². The van der Waals surface area contributed by atoms with Crippen molar-refractivity contribution in [1.29, 1.82) is 0 Å². The average molecular weight is 257 g/mol. The summed E-state index contributed by atoms with van der Waals surface area (Å²) >= 11 is 0. The minimum atomic E-state index is -4.41. The van der Waals surface area contributed by atoms with Crippen molar-refractivity contribution < 1.29 is 18.0 Å². The first kappa shape index (κ1) is 12.9. The van der Waals surface area contributed by atoms with Gasteiger partial charge in [0.25, 0.3) is 5.91 Å². The Bertz CT molecular complexity index is 452. The third-order valence-corrected chi connectivity index (χ3v) is 3.01. The van der Waals surface area contributed by atoms with Gasteiger partial charge in [0.1, 0.15) is 0 Å². The van der Waals surface area contributed by atoms with E-state index >= 15 is 0 Å². The molecule has 1 aliphatic carbocycles. The van der Waals surface area contributed by atoms with Crippen LogP contribution in [0.4, 0.5) is 13.2 Å². The second-order valence-electron chi connectivity index (χ2n) is 4.71. The zero-order chi connectivity index (χ0) is 13.3. The summed E-state index contributed by atoms with van der Waals surface area (Å²) in [7, 11) is 1.63. The fourth-order valence-electron chi connectivity index (χ4n) is 1.82. The van der Waals surface area contributed by atoms with Crippen molar-refractivity contribution >= 4 is 5.91 Å². The molecule has 98 valence electrons. The summed E-state index contributed by atoms with van der Waals surface area (Å²) in [5.74, 6) is 0.165. The van der Waals surface area contributed by atoms with Gasteiger partial charge in [0.2, 0.25) is 0 Å². The van der Waals surface area contributed by atoms with Gasteiger partial charge in [-0.1, -0.05) is 6.07 Å². The first-order chi connectivity index (χ1) is 8.38. The van der Waals surface area contributed by atoms with E-state index in [1.165, 1.54) is 17.0 Å². The summed E-state index contributed by atoms with van der Waals surface area (Å²) in [6.07, 6.45) is -2.22. The standard InChI is InChI=1S/C13H14F3NO/c1-17(8-9-5-6-9)12(18)10-3-2-4-11(7-10)13(14,15)16/h2-4,7,9H,5-6,8H2,1H3. The maximum Gasteiger partial charge on any atom is 0.416 e. The number of hydrogen-bond acceptors (Lipinski definition) is 1. The number of benzene rings is 1. The highest BCUT2D eigenvalue weighted by molar-refractivity contribution is 5.94. The van der Waals surface area contributed by atoms with Crippen LogP contribution in [-0.4, -0.2) is 24.4 Å². The molecule has 1 amide bonds. The van der Waals surface area contributed by atoms with Crippen LogP contribution in [-0.2, 0) is 6.18 Å². The first-order valence-electron chi connectivity index (χ1n) is 5.80. The lowest BCUT2D eigenvalue weighted by molar-refractivity contribution is -0.137. The summed E-state index contributed by atoms with van der Waals surface area (Å²) < 4.78 is 37.6. The Labute approximate surface area is 103 Å². The maximum absolute atomic E-state index is 12.5. The number of halogens is 3. The molecule has 1 aliphatic rings. The van der Waals surface area contributed by atoms with Gasteiger partial charge in [0, 0.05) is 19.2 Å². The zero-order valence-electron chi connectivity index (χ0n) is 10.00. The first-order valence-corrected chi connectivity index (χ1v) is 5.80. The van der Waals surface area contributed by atoms with E-state index < -0.39 is 11.7 Å². The third-order valence-electron chi connectivity index (χ3n) is 3.01. The highest BCUT2D eigenvalue weighted by Crippen LogP contribution is 2.31. The molecule has 0 radical (unpaired) electrons. The van der Waals surface area contributed by atoms with Crippen molar-refractivity contribution in [2.45, 2.75) is 19.0 Å². The van der Waals surface area contributed by atoms with Crippen LogP contribution in [0.25, 0.3) is 0 Å². The Morgan fingerprint density at radius 2 is 2.06 bits per heavy atom. The third kappa shape index (κ3) is 3.03. The van der Waals surface area contributed by atoms with Gasteiger partial charge in [-0.15, -0.1) is 0 Å². The Hall–Kier alpha value is -1.52. The van der Waals surface area contributed by atoms with E-state index in [1.807, 2.05) is 0 Å².